The van der Waals surface area contributed by atoms with Crippen LogP contribution in [0.2, 0.25) is 0 Å². The van der Waals surface area contributed by atoms with Gasteiger partial charge in [-0.2, -0.15) is 0 Å². The Bertz CT molecular complexity index is 479. The molecular formula is C16H24O6. The van der Waals surface area contributed by atoms with Gasteiger partial charge in [-0.3, -0.25) is 4.79 Å². The first-order valence-corrected chi connectivity index (χ1v) is 7.73. The van der Waals surface area contributed by atoms with Crippen molar-refractivity contribution in [1.82, 2.24) is 0 Å². The Kier molecular flexibility index (Phi) is 6.28. The Morgan fingerprint density at radius 2 is 1.82 bits per heavy atom. The predicted octanol–water partition coefficient (Wildman–Crippen LogP) is 1.34. The first kappa shape index (κ1) is 17.3. The molecule has 2 aliphatic rings. The van der Waals surface area contributed by atoms with Crippen LogP contribution in [0.3, 0.4) is 0 Å². The Morgan fingerprint density at radius 3 is 2.41 bits per heavy atom. The van der Waals surface area contributed by atoms with Gasteiger partial charge in [0.05, 0.1) is 13.2 Å². The number of carbonyl (C=O) groups excluding carboxylic acids is 1. The van der Waals surface area contributed by atoms with Crippen LogP contribution in [0.15, 0.2) is 22.3 Å². The first-order chi connectivity index (χ1) is 10.7. The fourth-order valence-electron chi connectivity index (χ4n) is 2.78. The smallest absolute Gasteiger partial charge is 0.187 e. The average molecular weight is 312 g/mol. The van der Waals surface area contributed by atoms with Gasteiger partial charge in [0, 0.05) is 43.0 Å². The topological polar surface area (TPSA) is 74.2 Å². The zero-order valence-corrected chi connectivity index (χ0v) is 13.4. The van der Waals surface area contributed by atoms with E-state index in [1.165, 1.54) is 0 Å². The van der Waals surface area contributed by atoms with Crippen LogP contribution in [0.5, 0.6) is 0 Å². The number of fused-ring (bicyclic) bond motifs is 1. The van der Waals surface area contributed by atoms with Crippen LogP contribution >= 0.6 is 0 Å². The lowest BCUT2D eigenvalue weighted by molar-refractivity contribution is -0.220. The van der Waals surface area contributed by atoms with Crippen molar-refractivity contribution in [2.75, 3.05) is 33.0 Å². The summed E-state index contributed by atoms with van der Waals surface area (Å²) in [6.45, 7) is 7.14. The molecule has 2 rings (SSSR count). The maximum atomic E-state index is 12.2. The number of aliphatic hydroxyl groups excluding tert-OH is 1. The summed E-state index contributed by atoms with van der Waals surface area (Å²) in [6, 6.07) is 0. The van der Waals surface area contributed by atoms with Gasteiger partial charge in [0.25, 0.3) is 0 Å². The van der Waals surface area contributed by atoms with E-state index in [1.807, 2.05) is 20.8 Å². The summed E-state index contributed by atoms with van der Waals surface area (Å²) >= 11 is 0. The van der Waals surface area contributed by atoms with E-state index in [0.717, 1.165) is 11.1 Å². The molecule has 0 spiro atoms. The zero-order valence-electron chi connectivity index (χ0n) is 13.4. The molecule has 0 radical (unpaired) electrons. The van der Waals surface area contributed by atoms with Crippen LogP contribution in [0.4, 0.5) is 0 Å². The maximum Gasteiger partial charge on any atom is 0.187 e. The Hall–Kier alpha value is -1.05. The largest absolute Gasteiger partial charge is 0.392 e. The van der Waals surface area contributed by atoms with Gasteiger partial charge in [-0.15, -0.1) is 0 Å². The van der Waals surface area contributed by atoms with Crippen molar-refractivity contribution in [1.29, 1.82) is 0 Å². The van der Waals surface area contributed by atoms with Gasteiger partial charge in [0.2, 0.25) is 0 Å². The molecule has 0 aromatic heterocycles. The fraction of sp³-hybridized carbons (Fsp3) is 0.688. The van der Waals surface area contributed by atoms with Crippen molar-refractivity contribution < 1.29 is 28.8 Å². The molecule has 0 bridgehead atoms. The summed E-state index contributed by atoms with van der Waals surface area (Å²) < 4.78 is 22.6. The number of Topliss-reactive ketones (excluding diaryl/α,β-unsaturated/α-hetero) is 1. The van der Waals surface area contributed by atoms with Crippen molar-refractivity contribution in [3.05, 3.63) is 22.3 Å². The van der Waals surface area contributed by atoms with Crippen LogP contribution in [0.1, 0.15) is 27.2 Å². The highest BCUT2D eigenvalue weighted by molar-refractivity contribution is 6.03. The van der Waals surface area contributed by atoms with Gasteiger partial charge in [-0.05, 0) is 26.3 Å². The first-order valence-electron chi connectivity index (χ1n) is 7.73. The standard InChI is InChI=1S/C16H24O6/c1-4-19-9-12-10-7-13(18)11(8-17)14(10)16(21-6-3)22-15(12)20-5-2/h15-17H,4-9H2,1-3H3/t15-,16-/m1/s1. The van der Waals surface area contributed by atoms with E-state index in [4.69, 9.17) is 18.9 Å². The lowest BCUT2D eigenvalue weighted by atomic mass is 9.97. The highest BCUT2D eigenvalue weighted by atomic mass is 16.8. The fourth-order valence-corrected chi connectivity index (χ4v) is 2.78. The van der Waals surface area contributed by atoms with E-state index in [-0.39, 0.29) is 18.8 Å². The molecule has 1 N–H and O–H groups in total. The monoisotopic (exact) mass is 312 g/mol. The molecular weight excluding hydrogens is 288 g/mol. The Balaban J connectivity index is 2.45. The molecule has 0 fully saturated rings. The number of hydrogen-bond acceptors (Lipinski definition) is 6. The average Bonchev–Trinajstić information content (AvgIpc) is 2.83. The highest BCUT2D eigenvalue weighted by Gasteiger charge is 2.41. The third-order valence-electron chi connectivity index (χ3n) is 3.74. The maximum absolute atomic E-state index is 12.2. The highest BCUT2D eigenvalue weighted by Crippen LogP contribution is 2.40. The predicted molar refractivity (Wildman–Crippen MR) is 79.2 cm³/mol. The Morgan fingerprint density at radius 1 is 1.14 bits per heavy atom. The van der Waals surface area contributed by atoms with Gasteiger partial charge >= 0.3 is 0 Å². The number of aliphatic hydroxyl groups is 1. The minimum Gasteiger partial charge on any atom is -0.392 e. The molecule has 6 heteroatoms. The molecule has 0 aromatic rings. The molecule has 0 saturated carbocycles. The molecule has 0 amide bonds. The second kappa shape index (κ2) is 7.99. The molecule has 0 saturated heterocycles. The second-order valence-corrected chi connectivity index (χ2v) is 5.00. The van der Waals surface area contributed by atoms with Crippen molar-refractivity contribution >= 4 is 5.78 Å². The van der Waals surface area contributed by atoms with Crippen LogP contribution in [0, 0.1) is 0 Å². The minimum absolute atomic E-state index is 0.0908. The lowest BCUT2D eigenvalue weighted by Gasteiger charge is -2.34. The molecule has 1 heterocycles. The third kappa shape index (κ3) is 3.31. The molecule has 1 aliphatic heterocycles. The zero-order chi connectivity index (χ0) is 16.1. The SMILES string of the molecule is CCOCC1=C2CC(=O)C(CO)=C2[C@H](OCC)O[C@H]1OCC. The number of ketones is 1. The van der Waals surface area contributed by atoms with Crippen LogP contribution in [-0.2, 0) is 23.7 Å². The second-order valence-electron chi connectivity index (χ2n) is 5.00. The van der Waals surface area contributed by atoms with E-state index in [9.17, 15) is 9.90 Å². The van der Waals surface area contributed by atoms with Gasteiger partial charge in [0.15, 0.2) is 18.4 Å². The summed E-state index contributed by atoms with van der Waals surface area (Å²) in [5, 5.41) is 9.52. The van der Waals surface area contributed by atoms with Gasteiger partial charge < -0.3 is 24.1 Å². The van der Waals surface area contributed by atoms with E-state index in [2.05, 4.69) is 0 Å². The number of hydrogen-bond donors (Lipinski definition) is 1. The summed E-state index contributed by atoms with van der Waals surface area (Å²) in [6.07, 6.45) is -1.03. The van der Waals surface area contributed by atoms with Gasteiger partial charge in [0.1, 0.15) is 0 Å². The molecule has 0 aromatic carbocycles. The van der Waals surface area contributed by atoms with E-state index < -0.39 is 12.6 Å². The molecule has 22 heavy (non-hydrogen) atoms. The van der Waals surface area contributed by atoms with Crippen molar-refractivity contribution in [2.24, 2.45) is 0 Å². The van der Waals surface area contributed by atoms with Crippen molar-refractivity contribution in [2.45, 2.75) is 39.8 Å². The molecule has 1 aliphatic carbocycles. The van der Waals surface area contributed by atoms with Crippen molar-refractivity contribution in [3.63, 3.8) is 0 Å². The quantitative estimate of drug-likeness (QED) is 0.729. The molecule has 124 valence electrons. The van der Waals surface area contributed by atoms with E-state index >= 15 is 0 Å². The number of ether oxygens (including phenoxy) is 4. The van der Waals surface area contributed by atoms with Crippen LogP contribution in [0.25, 0.3) is 0 Å². The summed E-state index contributed by atoms with van der Waals surface area (Å²) in [4.78, 5) is 12.2. The van der Waals surface area contributed by atoms with Gasteiger partial charge in [-0.25, -0.2) is 0 Å². The minimum atomic E-state index is -0.685. The van der Waals surface area contributed by atoms with E-state index in [1.54, 1.807) is 0 Å². The van der Waals surface area contributed by atoms with E-state index in [0.29, 0.717) is 37.6 Å². The summed E-state index contributed by atoms with van der Waals surface area (Å²) in [5.74, 6) is -0.0908. The van der Waals surface area contributed by atoms with Crippen molar-refractivity contribution in [3.8, 4) is 0 Å². The summed E-state index contributed by atoms with van der Waals surface area (Å²) in [5.41, 5.74) is 2.68. The normalized spacial score (nSPS) is 25.2. The number of carbonyl (C=O) groups is 1. The molecule has 0 unspecified atom stereocenters. The molecule has 2 atom stereocenters. The lowest BCUT2D eigenvalue weighted by Crippen LogP contribution is -2.37. The third-order valence-corrected chi connectivity index (χ3v) is 3.74. The Labute approximate surface area is 130 Å². The molecule has 6 nitrogen and oxygen atoms in total. The van der Waals surface area contributed by atoms with Crippen LogP contribution < -0.4 is 0 Å². The van der Waals surface area contributed by atoms with Gasteiger partial charge in [-0.1, -0.05) is 0 Å². The number of rotatable bonds is 8. The summed E-state index contributed by atoms with van der Waals surface area (Å²) in [7, 11) is 0. The van der Waals surface area contributed by atoms with Crippen LogP contribution in [-0.4, -0.2) is 56.5 Å².